The lowest BCUT2D eigenvalue weighted by atomic mass is 10.00. The third-order valence-corrected chi connectivity index (χ3v) is 5.53. The Morgan fingerprint density at radius 1 is 0.875 bits per heavy atom. The van der Waals surface area contributed by atoms with Crippen LogP contribution in [0.4, 0.5) is 0 Å². The second-order valence-corrected chi connectivity index (χ2v) is 8.40. The van der Waals surface area contributed by atoms with E-state index in [4.69, 9.17) is 21.1 Å². The van der Waals surface area contributed by atoms with E-state index in [0.717, 1.165) is 12.8 Å². The molecule has 7 heteroatoms. The van der Waals surface area contributed by atoms with Gasteiger partial charge in [0.25, 0.3) is 0 Å². The van der Waals surface area contributed by atoms with Gasteiger partial charge in [0.05, 0.1) is 24.9 Å². The molecule has 0 spiro atoms. The number of rotatable bonds is 17. The van der Waals surface area contributed by atoms with Crippen LogP contribution in [0.3, 0.4) is 0 Å². The Labute approximate surface area is 193 Å². The molecule has 1 aromatic carbocycles. The molecule has 7 nitrogen and oxygen atoms in total. The lowest BCUT2D eigenvalue weighted by molar-refractivity contribution is -0.0121. The van der Waals surface area contributed by atoms with E-state index in [2.05, 4.69) is 6.92 Å². The number of hydrogen-bond acceptors (Lipinski definition) is 6. The van der Waals surface area contributed by atoms with Gasteiger partial charge in [0.15, 0.2) is 0 Å². The molecule has 0 saturated heterocycles. The summed E-state index contributed by atoms with van der Waals surface area (Å²) >= 11 is 0. The molecule has 3 atom stereocenters. The van der Waals surface area contributed by atoms with Gasteiger partial charge >= 0.3 is 5.97 Å². The molecule has 0 aliphatic carbocycles. The summed E-state index contributed by atoms with van der Waals surface area (Å²) in [6, 6.07) is 5.07. The highest BCUT2D eigenvalue weighted by Crippen LogP contribution is 2.15. The van der Waals surface area contributed by atoms with Crippen molar-refractivity contribution in [3.63, 3.8) is 0 Å². The molecule has 7 N–H and O–H groups in total. The largest absolute Gasteiger partial charge is 0.507 e. The summed E-state index contributed by atoms with van der Waals surface area (Å²) in [6.45, 7) is 1.96. The monoisotopic (exact) mass is 455 g/mol. The van der Waals surface area contributed by atoms with Gasteiger partial charge in [0.2, 0.25) is 0 Å². The Hall–Kier alpha value is -1.67. The van der Waals surface area contributed by atoms with Gasteiger partial charge < -0.3 is 31.3 Å². The number of carboxylic acid groups (broad SMARTS) is 1. The van der Waals surface area contributed by atoms with Crippen molar-refractivity contribution in [3.05, 3.63) is 29.8 Å². The van der Waals surface area contributed by atoms with Gasteiger partial charge in [-0.25, -0.2) is 4.79 Å². The summed E-state index contributed by atoms with van der Waals surface area (Å²) in [7, 11) is 0. The fourth-order valence-corrected chi connectivity index (χ4v) is 3.41. The first-order valence-corrected chi connectivity index (χ1v) is 12.1. The van der Waals surface area contributed by atoms with Crippen LogP contribution in [0.2, 0.25) is 0 Å². The van der Waals surface area contributed by atoms with Crippen LogP contribution in [0.25, 0.3) is 0 Å². The van der Waals surface area contributed by atoms with Crippen LogP contribution in [0, 0.1) is 0 Å². The van der Waals surface area contributed by atoms with Crippen LogP contribution >= 0.6 is 0 Å². The van der Waals surface area contributed by atoms with E-state index in [-0.39, 0.29) is 17.9 Å². The average molecular weight is 456 g/mol. The third-order valence-electron chi connectivity index (χ3n) is 5.53. The summed E-state index contributed by atoms with van der Waals surface area (Å²) in [5, 5.41) is 45.5. The van der Waals surface area contributed by atoms with Crippen LogP contribution in [-0.4, -0.2) is 56.4 Å². The number of nitrogens with two attached hydrogens (primary N) is 1. The second-order valence-electron chi connectivity index (χ2n) is 8.40. The first-order chi connectivity index (χ1) is 15.3. The van der Waals surface area contributed by atoms with E-state index >= 15 is 0 Å². The number of carbonyl (C=O) groups is 1. The zero-order chi connectivity index (χ0) is 24.2. The highest BCUT2D eigenvalue weighted by atomic mass is 16.4. The average Bonchev–Trinajstić information content (AvgIpc) is 2.79. The Balaban J connectivity index is 0.000000792. The van der Waals surface area contributed by atoms with Gasteiger partial charge in [0.1, 0.15) is 11.3 Å². The summed E-state index contributed by atoms with van der Waals surface area (Å²) in [5.74, 6) is -1.31. The normalized spacial score (nSPS) is 13.7. The fraction of sp³-hybridized carbons (Fsp3) is 0.720. The number of aromatic hydroxyl groups is 1. The van der Waals surface area contributed by atoms with E-state index in [1.165, 1.54) is 76.3 Å². The van der Waals surface area contributed by atoms with Gasteiger partial charge in [-0.15, -0.1) is 0 Å². The van der Waals surface area contributed by atoms with Gasteiger partial charge in [0, 0.05) is 0 Å². The minimum atomic E-state index is -1.11. The molecule has 32 heavy (non-hydrogen) atoms. The summed E-state index contributed by atoms with van der Waals surface area (Å²) in [6.07, 6.45) is 14.1. The smallest absolute Gasteiger partial charge is 0.339 e. The third kappa shape index (κ3) is 15.2. The van der Waals surface area contributed by atoms with Gasteiger partial charge in [-0.2, -0.15) is 0 Å². The maximum Gasteiger partial charge on any atom is 0.339 e. The zero-order valence-electron chi connectivity index (χ0n) is 19.7. The van der Waals surface area contributed by atoms with Crippen molar-refractivity contribution in [3.8, 4) is 5.75 Å². The van der Waals surface area contributed by atoms with Crippen molar-refractivity contribution in [2.75, 3.05) is 6.61 Å². The minimum Gasteiger partial charge on any atom is -0.507 e. The molecule has 0 fully saturated rings. The first-order valence-electron chi connectivity index (χ1n) is 12.1. The molecule has 0 aliphatic rings. The number of phenols is 1. The maximum absolute atomic E-state index is 10.3. The molecule has 0 amide bonds. The van der Waals surface area contributed by atoms with E-state index in [1.807, 2.05) is 0 Å². The standard InChI is InChI=1S/C18H39NO3.C7H6O3/c1-2-3-4-5-6-7-8-9-10-11-12-13-14-17(21)18(22)16(19)15-20;8-6-4-2-1-3-5(6)7(9)10/h16-18,20-22H,2-15,19H2,1H3;1-4,8H,(H,9,10)/t16-,17+,18-;/m0./s1. The molecular formula is C25H45NO6. The topological polar surface area (TPSA) is 144 Å². The van der Waals surface area contributed by atoms with E-state index in [1.54, 1.807) is 12.1 Å². The zero-order valence-corrected chi connectivity index (χ0v) is 19.7. The summed E-state index contributed by atoms with van der Waals surface area (Å²) in [4.78, 5) is 10.3. The maximum atomic E-state index is 10.3. The second kappa shape index (κ2) is 20.0. The minimum absolute atomic E-state index is 0.0671. The van der Waals surface area contributed by atoms with Crippen molar-refractivity contribution in [1.29, 1.82) is 0 Å². The Bertz CT molecular complexity index is 583. The SMILES string of the molecule is CCCCCCCCCCCCCC[C@@H](O)[C@@H](O)[C@@H](N)CO.O=C(O)c1ccccc1O. The van der Waals surface area contributed by atoms with E-state index < -0.39 is 24.2 Å². The highest BCUT2D eigenvalue weighted by molar-refractivity contribution is 5.90. The van der Waals surface area contributed by atoms with Gasteiger partial charge in [-0.05, 0) is 18.6 Å². The molecule has 0 bridgehead atoms. The predicted molar refractivity (Wildman–Crippen MR) is 128 cm³/mol. The molecule has 0 saturated carbocycles. The van der Waals surface area contributed by atoms with Crippen molar-refractivity contribution in [1.82, 2.24) is 0 Å². The molecule has 0 unspecified atom stereocenters. The molecule has 1 rings (SSSR count). The number of hydrogen-bond donors (Lipinski definition) is 6. The van der Waals surface area contributed by atoms with Crippen molar-refractivity contribution in [2.24, 2.45) is 5.73 Å². The van der Waals surface area contributed by atoms with Crippen molar-refractivity contribution < 1.29 is 30.3 Å². The predicted octanol–water partition coefficient (Wildman–Crippen LogP) is 4.21. The van der Waals surface area contributed by atoms with Crippen LogP contribution in [-0.2, 0) is 0 Å². The van der Waals surface area contributed by atoms with Crippen LogP contribution in [0.15, 0.2) is 24.3 Å². The number of aromatic carboxylic acids is 1. The molecule has 1 aromatic rings. The Kier molecular flexibility index (Phi) is 18.9. The Morgan fingerprint density at radius 3 is 1.75 bits per heavy atom. The summed E-state index contributed by atoms with van der Waals surface area (Å²) in [5.41, 5.74) is 5.43. The van der Waals surface area contributed by atoms with Crippen LogP contribution in [0.1, 0.15) is 101 Å². The number of carboxylic acids is 1. The lowest BCUT2D eigenvalue weighted by Crippen LogP contribution is -2.45. The number of aliphatic hydroxyl groups is 3. The Morgan fingerprint density at radius 2 is 1.34 bits per heavy atom. The molecule has 0 heterocycles. The van der Waals surface area contributed by atoms with E-state index in [9.17, 15) is 15.0 Å². The molecule has 0 aliphatic heterocycles. The molecule has 0 radical (unpaired) electrons. The number of aliphatic hydroxyl groups excluding tert-OH is 3. The summed E-state index contributed by atoms with van der Waals surface area (Å²) < 4.78 is 0. The van der Waals surface area contributed by atoms with E-state index in [0.29, 0.717) is 6.42 Å². The number of benzene rings is 1. The van der Waals surface area contributed by atoms with Gasteiger partial charge in [-0.1, -0.05) is 96.1 Å². The number of para-hydroxylation sites is 1. The van der Waals surface area contributed by atoms with Crippen molar-refractivity contribution in [2.45, 2.75) is 109 Å². The van der Waals surface area contributed by atoms with Crippen molar-refractivity contribution >= 4 is 5.97 Å². The van der Waals surface area contributed by atoms with Gasteiger partial charge in [-0.3, -0.25) is 0 Å². The van der Waals surface area contributed by atoms with Crippen LogP contribution in [0.5, 0.6) is 5.75 Å². The quantitative estimate of drug-likeness (QED) is 0.193. The first kappa shape index (κ1) is 30.3. The highest BCUT2D eigenvalue weighted by Gasteiger charge is 2.22. The fourth-order valence-electron chi connectivity index (χ4n) is 3.41. The molecule has 186 valence electrons. The lowest BCUT2D eigenvalue weighted by Gasteiger charge is -2.22. The molecule has 0 aromatic heterocycles. The number of unbranched alkanes of at least 4 members (excludes halogenated alkanes) is 11. The molecular weight excluding hydrogens is 410 g/mol. The van der Waals surface area contributed by atoms with Crippen LogP contribution < -0.4 is 5.73 Å².